The number of ether oxygens (including phenoxy) is 2. The summed E-state index contributed by atoms with van der Waals surface area (Å²) < 4.78 is 10.9. The van der Waals surface area contributed by atoms with Crippen LogP contribution in [0.3, 0.4) is 0 Å². The van der Waals surface area contributed by atoms with E-state index in [9.17, 15) is 4.79 Å². The molecule has 0 spiro atoms. The van der Waals surface area contributed by atoms with E-state index in [4.69, 9.17) is 21.1 Å². The lowest BCUT2D eigenvalue weighted by atomic mass is 10.1. The smallest absolute Gasteiger partial charge is 0.410 e. The van der Waals surface area contributed by atoms with Crippen molar-refractivity contribution in [2.45, 2.75) is 38.8 Å². The summed E-state index contributed by atoms with van der Waals surface area (Å²) in [6.45, 7) is 6.71. The summed E-state index contributed by atoms with van der Waals surface area (Å²) in [6.07, 6.45) is 2.20. The third kappa shape index (κ3) is 4.00. The molecule has 0 unspecified atom stereocenters. The minimum Gasteiger partial charge on any atom is -0.490 e. The molecule has 0 saturated carbocycles. The fraction of sp³-hybridized carbons (Fsp3) is 0.571. The highest BCUT2D eigenvalue weighted by Gasteiger charge is 2.35. The fourth-order valence-corrected chi connectivity index (χ4v) is 1.93. The van der Waals surface area contributed by atoms with Gasteiger partial charge in [-0.3, -0.25) is 0 Å². The van der Waals surface area contributed by atoms with Gasteiger partial charge in [0, 0.05) is 6.54 Å². The summed E-state index contributed by atoms with van der Waals surface area (Å²) in [5.74, 6) is 0.644. The number of hydrogen-bond acceptors (Lipinski definition) is 4. The molecule has 1 aromatic heterocycles. The van der Waals surface area contributed by atoms with Crippen LogP contribution in [-0.4, -0.2) is 40.8 Å². The van der Waals surface area contributed by atoms with E-state index >= 15 is 0 Å². The predicted molar refractivity (Wildman–Crippen MR) is 76.1 cm³/mol. The Labute approximate surface area is 123 Å². The molecule has 1 aliphatic heterocycles. The Bertz CT molecular complexity index is 470. The maximum atomic E-state index is 11.9. The number of rotatable bonds is 3. The zero-order valence-corrected chi connectivity index (χ0v) is 12.7. The average molecular weight is 299 g/mol. The average Bonchev–Trinajstić information content (AvgIpc) is 2.27. The van der Waals surface area contributed by atoms with Crippen molar-refractivity contribution in [1.82, 2.24) is 9.88 Å². The van der Waals surface area contributed by atoms with E-state index in [0.717, 1.165) is 6.42 Å². The molecule has 1 saturated heterocycles. The Morgan fingerprint density at radius 2 is 2.25 bits per heavy atom. The quantitative estimate of drug-likeness (QED) is 0.805. The van der Waals surface area contributed by atoms with Gasteiger partial charge in [0.1, 0.15) is 23.1 Å². The molecule has 0 bridgehead atoms. The van der Waals surface area contributed by atoms with Crippen molar-refractivity contribution in [1.29, 1.82) is 0 Å². The van der Waals surface area contributed by atoms with Gasteiger partial charge in [-0.25, -0.2) is 9.78 Å². The minimum atomic E-state index is -0.474. The number of carbonyl (C=O) groups excluding carboxylic acids is 1. The molecule has 1 fully saturated rings. The maximum Gasteiger partial charge on any atom is 0.410 e. The summed E-state index contributed by atoms with van der Waals surface area (Å²) in [4.78, 5) is 17.6. The van der Waals surface area contributed by atoms with Crippen LogP contribution in [0, 0.1) is 0 Å². The zero-order chi connectivity index (χ0) is 14.8. The Hall–Kier alpha value is -1.49. The number of halogens is 1. The van der Waals surface area contributed by atoms with Crippen LogP contribution in [0.15, 0.2) is 18.3 Å². The number of amides is 1. The SMILES string of the molecule is CC(C)(C)OC(=O)N1CC[C@@H]1COc1ccc(Cl)nc1. The van der Waals surface area contributed by atoms with Crippen molar-refractivity contribution in [2.75, 3.05) is 13.2 Å². The van der Waals surface area contributed by atoms with Crippen LogP contribution in [0.5, 0.6) is 5.75 Å². The standard InChI is InChI=1S/C14H19ClN2O3/c1-14(2,3)20-13(18)17-7-6-10(17)9-19-11-4-5-12(15)16-8-11/h4-5,8,10H,6-7,9H2,1-3H3/t10-/m1/s1. The van der Waals surface area contributed by atoms with Crippen LogP contribution in [-0.2, 0) is 4.74 Å². The molecule has 110 valence electrons. The molecule has 0 aliphatic carbocycles. The topological polar surface area (TPSA) is 51.7 Å². The highest BCUT2D eigenvalue weighted by atomic mass is 35.5. The highest BCUT2D eigenvalue weighted by molar-refractivity contribution is 6.29. The molecular weight excluding hydrogens is 280 g/mol. The molecule has 1 atom stereocenters. The molecule has 1 amide bonds. The monoisotopic (exact) mass is 298 g/mol. The number of aromatic nitrogens is 1. The molecular formula is C14H19ClN2O3. The highest BCUT2D eigenvalue weighted by Crippen LogP contribution is 2.22. The number of likely N-dealkylation sites (tertiary alicyclic amines) is 1. The molecule has 20 heavy (non-hydrogen) atoms. The molecule has 0 N–H and O–H groups in total. The second kappa shape index (κ2) is 5.87. The van der Waals surface area contributed by atoms with Gasteiger partial charge >= 0.3 is 6.09 Å². The Kier molecular flexibility index (Phi) is 4.38. The van der Waals surface area contributed by atoms with E-state index in [-0.39, 0.29) is 12.1 Å². The van der Waals surface area contributed by atoms with Gasteiger partial charge in [0.2, 0.25) is 0 Å². The van der Waals surface area contributed by atoms with Gasteiger partial charge in [-0.1, -0.05) is 11.6 Å². The van der Waals surface area contributed by atoms with Crippen LogP contribution >= 0.6 is 11.6 Å². The molecule has 6 heteroatoms. The maximum absolute atomic E-state index is 11.9. The van der Waals surface area contributed by atoms with E-state index in [1.54, 1.807) is 23.2 Å². The third-order valence-corrected chi connectivity index (χ3v) is 3.14. The van der Waals surface area contributed by atoms with Crippen molar-refractivity contribution in [2.24, 2.45) is 0 Å². The summed E-state index contributed by atoms with van der Waals surface area (Å²) in [5.41, 5.74) is -0.474. The molecule has 0 radical (unpaired) electrons. The molecule has 2 rings (SSSR count). The fourth-order valence-electron chi connectivity index (χ4n) is 1.82. The van der Waals surface area contributed by atoms with Gasteiger partial charge in [-0.2, -0.15) is 0 Å². The van der Waals surface area contributed by atoms with Gasteiger partial charge in [0.15, 0.2) is 0 Å². The summed E-state index contributed by atoms with van der Waals surface area (Å²) >= 11 is 5.70. The van der Waals surface area contributed by atoms with E-state index < -0.39 is 5.60 Å². The molecule has 1 aliphatic rings. The van der Waals surface area contributed by atoms with Crippen LogP contribution in [0.2, 0.25) is 5.15 Å². The van der Waals surface area contributed by atoms with Gasteiger partial charge in [0.25, 0.3) is 0 Å². The number of carbonyl (C=O) groups is 1. The van der Waals surface area contributed by atoms with Gasteiger partial charge in [0.05, 0.1) is 12.2 Å². The van der Waals surface area contributed by atoms with Crippen molar-refractivity contribution in [3.63, 3.8) is 0 Å². The first-order valence-electron chi connectivity index (χ1n) is 6.59. The Morgan fingerprint density at radius 1 is 1.50 bits per heavy atom. The van der Waals surface area contributed by atoms with Gasteiger partial charge < -0.3 is 14.4 Å². The van der Waals surface area contributed by atoms with E-state index in [1.165, 1.54) is 0 Å². The van der Waals surface area contributed by atoms with E-state index in [2.05, 4.69) is 4.98 Å². The number of nitrogens with zero attached hydrogens (tertiary/aromatic N) is 2. The second-order valence-electron chi connectivity index (χ2n) is 5.74. The lowest BCUT2D eigenvalue weighted by molar-refractivity contribution is -0.0141. The normalized spacial score (nSPS) is 18.4. The van der Waals surface area contributed by atoms with Crippen molar-refractivity contribution < 1.29 is 14.3 Å². The lowest BCUT2D eigenvalue weighted by Gasteiger charge is -2.40. The minimum absolute atomic E-state index is 0.0560. The number of pyridine rings is 1. The largest absolute Gasteiger partial charge is 0.490 e. The molecule has 5 nitrogen and oxygen atoms in total. The Balaban J connectivity index is 1.82. The van der Waals surface area contributed by atoms with Gasteiger partial charge in [-0.05, 0) is 39.3 Å². The summed E-state index contributed by atoms with van der Waals surface area (Å²) in [7, 11) is 0. The number of hydrogen-bond donors (Lipinski definition) is 0. The van der Waals surface area contributed by atoms with E-state index in [1.807, 2.05) is 20.8 Å². The van der Waals surface area contributed by atoms with Crippen molar-refractivity contribution in [3.05, 3.63) is 23.5 Å². The van der Waals surface area contributed by atoms with Crippen molar-refractivity contribution >= 4 is 17.7 Å². The Morgan fingerprint density at radius 3 is 2.75 bits per heavy atom. The summed E-state index contributed by atoms with van der Waals surface area (Å²) in [6, 6.07) is 3.48. The second-order valence-corrected chi connectivity index (χ2v) is 6.13. The third-order valence-electron chi connectivity index (χ3n) is 2.91. The van der Waals surface area contributed by atoms with Crippen LogP contribution < -0.4 is 4.74 Å². The molecule has 2 heterocycles. The van der Waals surface area contributed by atoms with Crippen LogP contribution in [0.1, 0.15) is 27.2 Å². The van der Waals surface area contributed by atoms with Crippen LogP contribution in [0.25, 0.3) is 0 Å². The van der Waals surface area contributed by atoms with Crippen molar-refractivity contribution in [3.8, 4) is 5.75 Å². The first-order chi connectivity index (χ1) is 9.35. The summed E-state index contributed by atoms with van der Waals surface area (Å²) in [5, 5.41) is 0.427. The predicted octanol–water partition coefficient (Wildman–Crippen LogP) is 3.12. The van der Waals surface area contributed by atoms with Crippen LogP contribution in [0.4, 0.5) is 4.79 Å². The first-order valence-corrected chi connectivity index (χ1v) is 6.97. The van der Waals surface area contributed by atoms with E-state index in [0.29, 0.717) is 24.1 Å². The molecule has 0 aromatic carbocycles. The zero-order valence-electron chi connectivity index (χ0n) is 11.9. The first kappa shape index (κ1) is 14.9. The van der Waals surface area contributed by atoms with Gasteiger partial charge in [-0.15, -0.1) is 0 Å². The lowest BCUT2D eigenvalue weighted by Crippen LogP contribution is -2.55. The molecule has 1 aromatic rings.